The number of rotatable bonds is 7. The Morgan fingerprint density at radius 2 is 1.45 bits per heavy atom. The van der Waals surface area contributed by atoms with E-state index in [0.717, 1.165) is 11.1 Å². The van der Waals surface area contributed by atoms with Crippen molar-refractivity contribution in [3.8, 4) is 11.5 Å². The molecular weight excluding hydrogens is 416 g/mol. The van der Waals surface area contributed by atoms with Gasteiger partial charge in [-0.3, -0.25) is 9.52 Å². The van der Waals surface area contributed by atoms with Crippen LogP contribution in [0.25, 0.3) is 0 Å². The van der Waals surface area contributed by atoms with Crippen molar-refractivity contribution in [1.82, 2.24) is 0 Å². The van der Waals surface area contributed by atoms with Gasteiger partial charge in [0.25, 0.3) is 15.9 Å². The Balaban J connectivity index is 1.76. The number of amides is 1. The third-order valence-electron chi connectivity index (χ3n) is 4.79. The second-order valence-corrected chi connectivity index (χ2v) is 8.60. The van der Waals surface area contributed by atoms with Gasteiger partial charge in [-0.15, -0.1) is 0 Å². The Kier molecular flexibility index (Phi) is 6.50. The largest absolute Gasteiger partial charge is 0.493 e. The predicted molar refractivity (Wildman–Crippen MR) is 121 cm³/mol. The van der Waals surface area contributed by atoms with Crippen LogP contribution in [-0.2, 0) is 10.0 Å². The maximum atomic E-state index is 12.8. The Morgan fingerprint density at radius 3 is 2.03 bits per heavy atom. The van der Waals surface area contributed by atoms with Gasteiger partial charge in [0.1, 0.15) is 0 Å². The van der Waals surface area contributed by atoms with E-state index >= 15 is 0 Å². The first kappa shape index (κ1) is 22.2. The van der Waals surface area contributed by atoms with Gasteiger partial charge in [-0.25, -0.2) is 8.42 Å². The summed E-state index contributed by atoms with van der Waals surface area (Å²) in [6.45, 7) is 3.69. The minimum atomic E-state index is -3.77. The Labute approximate surface area is 182 Å². The van der Waals surface area contributed by atoms with Crippen molar-refractivity contribution in [3.63, 3.8) is 0 Å². The van der Waals surface area contributed by atoms with Crippen LogP contribution in [0.4, 0.5) is 11.4 Å². The molecule has 0 unspecified atom stereocenters. The lowest BCUT2D eigenvalue weighted by molar-refractivity contribution is 0.102. The van der Waals surface area contributed by atoms with Crippen LogP contribution >= 0.6 is 0 Å². The van der Waals surface area contributed by atoms with Gasteiger partial charge in [0, 0.05) is 11.3 Å². The van der Waals surface area contributed by atoms with E-state index in [1.54, 1.807) is 18.2 Å². The number of sulfonamides is 1. The summed E-state index contributed by atoms with van der Waals surface area (Å²) in [5.74, 6) is 0.601. The van der Waals surface area contributed by atoms with Crippen LogP contribution in [0.5, 0.6) is 11.5 Å². The van der Waals surface area contributed by atoms with Crippen LogP contribution < -0.4 is 19.5 Å². The van der Waals surface area contributed by atoms with E-state index in [-0.39, 0.29) is 10.8 Å². The van der Waals surface area contributed by atoms with Crippen molar-refractivity contribution in [2.75, 3.05) is 24.3 Å². The van der Waals surface area contributed by atoms with Gasteiger partial charge in [0.2, 0.25) is 0 Å². The number of ether oxygens (including phenoxy) is 2. The molecule has 3 aromatic rings. The molecule has 0 heterocycles. The summed E-state index contributed by atoms with van der Waals surface area (Å²) >= 11 is 0. The van der Waals surface area contributed by atoms with Crippen LogP contribution in [0.1, 0.15) is 21.5 Å². The molecule has 0 aliphatic carbocycles. The quantitative estimate of drug-likeness (QED) is 0.569. The van der Waals surface area contributed by atoms with E-state index in [1.807, 2.05) is 32.0 Å². The smallest absolute Gasteiger partial charge is 0.261 e. The first-order chi connectivity index (χ1) is 14.7. The molecule has 0 aliphatic rings. The molecular formula is C23H24N2O5S. The number of para-hydroxylation sites is 1. The van der Waals surface area contributed by atoms with Gasteiger partial charge in [0.15, 0.2) is 11.5 Å². The zero-order chi connectivity index (χ0) is 22.6. The number of nitrogens with one attached hydrogen (secondary N) is 2. The number of carbonyl (C=O) groups is 1. The van der Waals surface area contributed by atoms with Crippen molar-refractivity contribution < 1.29 is 22.7 Å². The van der Waals surface area contributed by atoms with Crippen LogP contribution in [0.2, 0.25) is 0 Å². The normalized spacial score (nSPS) is 11.0. The average Bonchev–Trinajstić information content (AvgIpc) is 2.76. The highest BCUT2D eigenvalue weighted by molar-refractivity contribution is 7.92. The lowest BCUT2D eigenvalue weighted by Crippen LogP contribution is -2.15. The van der Waals surface area contributed by atoms with Gasteiger partial charge in [-0.1, -0.05) is 18.2 Å². The number of hydrogen-bond acceptors (Lipinski definition) is 5. The topological polar surface area (TPSA) is 93.7 Å². The highest BCUT2D eigenvalue weighted by Crippen LogP contribution is 2.28. The van der Waals surface area contributed by atoms with E-state index in [2.05, 4.69) is 10.0 Å². The van der Waals surface area contributed by atoms with Gasteiger partial charge in [0.05, 0.1) is 24.8 Å². The minimum Gasteiger partial charge on any atom is -0.493 e. The summed E-state index contributed by atoms with van der Waals surface area (Å²) in [5.41, 5.74) is 3.08. The van der Waals surface area contributed by atoms with E-state index in [4.69, 9.17) is 9.47 Å². The summed E-state index contributed by atoms with van der Waals surface area (Å²) in [7, 11) is -0.758. The number of methoxy groups -OCH3 is 2. The number of benzene rings is 3. The third kappa shape index (κ3) is 4.97. The van der Waals surface area contributed by atoms with Gasteiger partial charge >= 0.3 is 0 Å². The molecule has 3 aromatic carbocycles. The number of aryl methyl sites for hydroxylation is 2. The summed E-state index contributed by atoms with van der Waals surface area (Å²) < 4.78 is 38.6. The molecule has 2 N–H and O–H groups in total. The molecule has 0 aromatic heterocycles. The highest BCUT2D eigenvalue weighted by Gasteiger charge is 2.17. The molecule has 0 saturated carbocycles. The molecule has 162 valence electrons. The lowest BCUT2D eigenvalue weighted by atomic mass is 10.1. The number of anilines is 2. The zero-order valence-corrected chi connectivity index (χ0v) is 18.5. The van der Waals surface area contributed by atoms with Crippen molar-refractivity contribution in [2.45, 2.75) is 18.7 Å². The number of carbonyl (C=O) groups excluding carboxylic acids is 1. The summed E-state index contributed by atoms with van der Waals surface area (Å²) in [6.07, 6.45) is 0. The number of hydrogen-bond donors (Lipinski definition) is 2. The average molecular weight is 441 g/mol. The molecule has 1 amide bonds. The molecule has 0 bridgehead atoms. The molecule has 0 aliphatic heterocycles. The zero-order valence-electron chi connectivity index (χ0n) is 17.7. The Bertz CT molecular complexity index is 1180. The molecule has 8 heteroatoms. The molecule has 7 nitrogen and oxygen atoms in total. The van der Waals surface area contributed by atoms with E-state index < -0.39 is 10.0 Å². The van der Waals surface area contributed by atoms with Crippen LogP contribution in [-0.4, -0.2) is 28.5 Å². The van der Waals surface area contributed by atoms with Gasteiger partial charge < -0.3 is 14.8 Å². The molecule has 0 fully saturated rings. The first-order valence-corrected chi connectivity index (χ1v) is 11.0. The van der Waals surface area contributed by atoms with E-state index in [0.29, 0.717) is 28.4 Å². The van der Waals surface area contributed by atoms with Gasteiger partial charge in [-0.2, -0.15) is 0 Å². The fourth-order valence-corrected chi connectivity index (χ4v) is 4.27. The Hall–Kier alpha value is -3.52. The summed E-state index contributed by atoms with van der Waals surface area (Å²) in [5, 5.41) is 2.74. The van der Waals surface area contributed by atoms with E-state index in [9.17, 15) is 13.2 Å². The maximum Gasteiger partial charge on any atom is 0.261 e. The fraction of sp³-hybridized carbons (Fsp3) is 0.174. The minimum absolute atomic E-state index is 0.0965. The first-order valence-electron chi connectivity index (χ1n) is 9.47. The van der Waals surface area contributed by atoms with Crippen LogP contribution in [0, 0.1) is 13.8 Å². The standard InChI is InChI=1S/C23H24N2O5S/c1-15-6-5-7-16(2)22(15)25-31(27,28)19-11-9-18(10-12-19)24-23(26)17-8-13-20(29-3)21(14-17)30-4/h5-14,25H,1-4H3,(H,24,26). The van der Waals surface area contributed by atoms with Crippen molar-refractivity contribution in [3.05, 3.63) is 77.4 Å². The second-order valence-electron chi connectivity index (χ2n) is 6.92. The summed E-state index contributed by atoms with van der Waals surface area (Å²) in [6, 6.07) is 16.4. The molecule has 0 atom stereocenters. The van der Waals surface area contributed by atoms with Crippen molar-refractivity contribution in [1.29, 1.82) is 0 Å². The van der Waals surface area contributed by atoms with E-state index in [1.165, 1.54) is 38.5 Å². The fourth-order valence-electron chi connectivity index (χ4n) is 3.07. The maximum absolute atomic E-state index is 12.8. The monoisotopic (exact) mass is 440 g/mol. The third-order valence-corrected chi connectivity index (χ3v) is 6.15. The summed E-state index contributed by atoms with van der Waals surface area (Å²) in [4.78, 5) is 12.6. The van der Waals surface area contributed by atoms with Crippen LogP contribution in [0.15, 0.2) is 65.6 Å². The van der Waals surface area contributed by atoms with Crippen molar-refractivity contribution in [2.24, 2.45) is 0 Å². The van der Waals surface area contributed by atoms with Gasteiger partial charge in [-0.05, 0) is 67.4 Å². The lowest BCUT2D eigenvalue weighted by Gasteiger charge is -2.14. The highest BCUT2D eigenvalue weighted by atomic mass is 32.2. The second kappa shape index (κ2) is 9.09. The molecule has 0 spiro atoms. The molecule has 3 rings (SSSR count). The molecule has 0 saturated heterocycles. The molecule has 31 heavy (non-hydrogen) atoms. The van der Waals surface area contributed by atoms with Crippen molar-refractivity contribution >= 4 is 27.3 Å². The molecule has 0 radical (unpaired) electrons. The van der Waals surface area contributed by atoms with Crippen LogP contribution in [0.3, 0.4) is 0 Å². The SMILES string of the molecule is COc1ccc(C(=O)Nc2ccc(S(=O)(=O)Nc3c(C)cccc3C)cc2)cc1OC. The predicted octanol–water partition coefficient (Wildman–Crippen LogP) is 4.37. The Morgan fingerprint density at radius 1 is 0.839 bits per heavy atom.